The first kappa shape index (κ1) is 23.9. The Balaban J connectivity index is 1.38. The van der Waals surface area contributed by atoms with E-state index in [0.717, 1.165) is 84.8 Å². The van der Waals surface area contributed by atoms with E-state index < -0.39 is 6.09 Å². The Bertz CT molecular complexity index is 1300. The van der Waals surface area contributed by atoms with E-state index in [1.165, 1.54) is 0 Å². The number of nitrogens with zero attached hydrogens (tertiary/aromatic N) is 4. The van der Waals surface area contributed by atoms with Crippen LogP contribution in [0.3, 0.4) is 0 Å². The highest BCUT2D eigenvalue weighted by Crippen LogP contribution is 2.33. The summed E-state index contributed by atoms with van der Waals surface area (Å²) in [6.07, 6.45) is 5.14. The molecule has 4 aromatic rings. The van der Waals surface area contributed by atoms with Crippen LogP contribution < -0.4 is 5.32 Å². The van der Waals surface area contributed by atoms with Crippen LogP contribution in [0.25, 0.3) is 33.4 Å². The van der Waals surface area contributed by atoms with Gasteiger partial charge in [0.2, 0.25) is 5.95 Å². The first-order valence-corrected chi connectivity index (χ1v) is 12.3. The van der Waals surface area contributed by atoms with E-state index in [1.807, 2.05) is 30.5 Å². The number of morpholine rings is 1. The fourth-order valence-corrected chi connectivity index (χ4v) is 4.38. The molecule has 4 heterocycles. The van der Waals surface area contributed by atoms with Gasteiger partial charge in [-0.15, -0.1) is 0 Å². The van der Waals surface area contributed by atoms with E-state index in [9.17, 15) is 4.79 Å². The fourth-order valence-electron chi connectivity index (χ4n) is 4.38. The van der Waals surface area contributed by atoms with Gasteiger partial charge in [-0.2, -0.15) is 0 Å². The molecule has 186 valence electrons. The minimum Gasteiger partial charge on any atom is -0.450 e. The SMILES string of the molecule is CCOC(=O)Nc1nc2c(-c3ccccn3)cc(-c3ccc(CCCN4CCOCC4)nc3)cc2[nH]1. The van der Waals surface area contributed by atoms with Crippen LogP contribution in [0, 0.1) is 0 Å². The number of imidazole rings is 1. The topological polar surface area (TPSA) is 105 Å². The monoisotopic (exact) mass is 486 g/mol. The number of nitrogens with one attached hydrogen (secondary N) is 2. The first-order valence-electron chi connectivity index (χ1n) is 12.3. The van der Waals surface area contributed by atoms with E-state index in [4.69, 9.17) is 14.5 Å². The van der Waals surface area contributed by atoms with Crippen LogP contribution >= 0.6 is 0 Å². The number of H-pyrrole nitrogens is 1. The lowest BCUT2D eigenvalue weighted by Gasteiger charge is -2.26. The summed E-state index contributed by atoms with van der Waals surface area (Å²) in [6.45, 7) is 6.79. The molecule has 1 fully saturated rings. The lowest BCUT2D eigenvalue weighted by Crippen LogP contribution is -2.36. The van der Waals surface area contributed by atoms with Gasteiger partial charge in [0, 0.05) is 42.3 Å². The van der Waals surface area contributed by atoms with Crippen molar-refractivity contribution in [2.24, 2.45) is 0 Å². The number of aromatic amines is 1. The van der Waals surface area contributed by atoms with Crippen molar-refractivity contribution in [3.8, 4) is 22.4 Å². The van der Waals surface area contributed by atoms with Gasteiger partial charge in [0.05, 0.1) is 36.5 Å². The number of amides is 1. The zero-order valence-corrected chi connectivity index (χ0v) is 20.4. The zero-order valence-electron chi connectivity index (χ0n) is 20.4. The van der Waals surface area contributed by atoms with E-state index in [-0.39, 0.29) is 6.61 Å². The molecule has 1 aliphatic rings. The number of aryl methyl sites for hydroxylation is 1. The molecule has 9 nitrogen and oxygen atoms in total. The summed E-state index contributed by atoms with van der Waals surface area (Å²) < 4.78 is 10.4. The van der Waals surface area contributed by atoms with Gasteiger partial charge in [0.25, 0.3) is 0 Å². The molecular formula is C27H30N6O3. The van der Waals surface area contributed by atoms with Crippen LogP contribution in [-0.4, -0.2) is 70.4 Å². The summed E-state index contributed by atoms with van der Waals surface area (Å²) in [5.74, 6) is 0.325. The maximum Gasteiger partial charge on any atom is 0.413 e. The van der Waals surface area contributed by atoms with Gasteiger partial charge < -0.3 is 14.5 Å². The van der Waals surface area contributed by atoms with Crippen molar-refractivity contribution in [3.05, 3.63) is 60.6 Å². The molecule has 2 N–H and O–H groups in total. The molecule has 9 heteroatoms. The molecule has 0 saturated carbocycles. The molecule has 36 heavy (non-hydrogen) atoms. The quantitative estimate of drug-likeness (QED) is 0.377. The number of carbonyl (C=O) groups excluding carboxylic acids is 1. The summed E-state index contributed by atoms with van der Waals surface area (Å²) >= 11 is 0. The second kappa shape index (κ2) is 11.3. The second-order valence-corrected chi connectivity index (χ2v) is 8.66. The minimum atomic E-state index is -0.551. The average molecular weight is 487 g/mol. The van der Waals surface area contributed by atoms with Crippen LogP contribution in [0.15, 0.2) is 54.9 Å². The van der Waals surface area contributed by atoms with Gasteiger partial charge >= 0.3 is 6.09 Å². The molecule has 1 saturated heterocycles. The molecule has 1 aromatic carbocycles. The third-order valence-electron chi connectivity index (χ3n) is 6.19. The first-order chi connectivity index (χ1) is 17.7. The van der Waals surface area contributed by atoms with Crippen LogP contribution in [0.1, 0.15) is 19.0 Å². The second-order valence-electron chi connectivity index (χ2n) is 8.66. The third-order valence-corrected chi connectivity index (χ3v) is 6.19. The van der Waals surface area contributed by atoms with Gasteiger partial charge in [-0.25, -0.2) is 9.78 Å². The Labute approximate surface area is 209 Å². The Morgan fingerprint density at radius 1 is 1.14 bits per heavy atom. The highest BCUT2D eigenvalue weighted by atomic mass is 16.5. The van der Waals surface area contributed by atoms with Crippen molar-refractivity contribution >= 4 is 23.1 Å². The zero-order chi connectivity index (χ0) is 24.7. The molecule has 1 aliphatic heterocycles. The summed E-state index contributed by atoms with van der Waals surface area (Å²) in [7, 11) is 0. The van der Waals surface area contributed by atoms with Crippen LogP contribution in [0.5, 0.6) is 0 Å². The Kier molecular flexibility index (Phi) is 7.49. The smallest absolute Gasteiger partial charge is 0.413 e. The Morgan fingerprint density at radius 3 is 2.78 bits per heavy atom. The number of anilines is 1. The molecule has 1 amide bonds. The van der Waals surface area contributed by atoms with Crippen molar-refractivity contribution in [1.29, 1.82) is 0 Å². The predicted octanol–water partition coefficient (Wildman–Crippen LogP) is 4.52. The number of benzene rings is 1. The van der Waals surface area contributed by atoms with Crippen molar-refractivity contribution in [3.63, 3.8) is 0 Å². The number of pyridine rings is 2. The Morgan fingerprint density at radius 2 is 2.03 bits per heavy atom. The van der Waals surface area contributed by atoms with Crippen LogP contribution in [-0.2, 0) is 15.9 Å². The molecule has 0 aliphatic carbocycles. The number of carbonyl (C=O) groups is 1. The minimum absolute atomic E-state index is 0.283. The molecule has 0 spiro atoms. The van der Waals surface area contributed by atoms with E-state index in [1.54, 1.807) is 13.1 Å². The van der Waals surface area contributed by atoms with Crippen molar-refractivity contribution in [2.45, 2.75) is 19.8 Å². The van der Waals surface area contributed by atoms with Gasteiger partial charge in [-0.05, 0) is 62.2 Å². The van der Waals surface area contributed by atoms with Crippen LogP contribution in [0.4, 0.5) is 10.7 Å². The third kappa shape index (κ3) is 5.69. The van der Waals surface area contributed by atoms with E-state index in [2.05, 4.69) is 43.4 Å². The summed E-state index contributed by atoms with van der Waals surface area (Å²) in [5.41, 5.74) is 6.24. The number of hydrogen-bond acceptors (Lipinski definition) is 7. The number of fused-ring (bicyclic) bond motifs is 1. The average Bonchev–Trinajstić information content (AvgIpc) is 3.32. The lowest BCUT2D eigenvalue weighted by molar-refractivity contribution is 0.0374. The fraction of sp³-hybridized carbons (Fsp3) is 0.333. The van der Waals surface area contributed by atoms with E-state index in [0.29, 0.717) is 5.95 Å². The normalized spacial score (nSPS) is 14.1. The van der Waals surface area contributed by atoms with Gasteiger partial charge in [-0.1, -0.05) is 12.1 Å². The Hall–Kier alpha value is -3.82. The highest BCUT2D eigenvalue weighted by Gasteiger charge is 2.15. The molecule has 5 rings (SSSR count). The van der Waals surface area contributed by atoms with Gasteiger partial charge in [0.15, 0.2) is 0 Å². The van der Waals surface area contributed by atoms with Gasteiger partial charge in [-0.3, -0.25) is 20.2 Å². The number of ether oxygens (including phenoxy) is 2. The number of hydrogen-bond donors (Lipinski definition) is 2. The van der Waals surface area contributed by atoms with Crippen molar-refractivity contribution in [2.75, 3.05) is 44.8 Å². The lowest BCUT2D eigenvalue weighted by atomic mass is 10.0. The molecule has 0 radical (unpaired) electrons. The van der Waals surface area contributed by atoms with Crippen molar-refractivity contribution in [1.82, 2.24) is 24.8 Å². The van der Waals surface area contributed by atoms with Crippen molar-refractivity contribution < 1.29 is 14.3 Å². The molecule has 0 bridgehead atoms. The maximum atomic E-state index is 11.9. The largest absolute Gasteiger partial charge is 0.450 e. The summed E-state index contributed by atoms with van der Waals surface area (Å²) in [4.78, 5) is 31.4. The predicted molar refractivity (Wildman–Crippen MR) is 139 cm³/mol. The molecule has 0 atom stereocenters. The number of aromatic nitrogens is 4. The standard InChI is InChI=1S/C27H30N6O3/c1-2-36-27(34)32-26-30-24-17-20(16-22(25(24)31-26)23-7-3-4-10-28-23)19-8-9-21(29-18-19)6-5-11-33-12-14-35-15-13-33/h3-4,7-10,16-18H,2,5-6,11-15H2,1H3,(H2,30,31,32,34). The van der Waals surface area contributed by atoms with Gasteiger partial charge in [0.1, 0.15) is 0 Å². The summed E-state index contributed by atoms with van der Waals surface area (Å²) in [5, 5.41) is 2.65. The van der Waals surface area contributed by atoms with Crippen LogP contribution in [0.2, 0.25) is 0 Å². The molecule has 0 unspecified atom stereocenters. The molecular weight excluding hydrogens is 456 g/mol. The van der Waals surface area contributed by atoms with E-state index >= 15 is 0 Å². The summed E-state index contributed by atoms with van der Waals surface area (Å²) in [6, 6.07) is 14.0. The maximum absolute atomic E-state index is 11.9. The highest BCUT2D eigenvalue weighted by molar-refractivity contribution is 5.97. The molecule has 3 aromatic heterocycles. The number of rotatable bonds is 8.